The fraction of sp³-hybridized carbons (Fsp3) is 0.478. The van der Waals surface area contributed by atoms with Crippen LogP contribution in [0.4, 0.5) is 26.4 Å². The third-order valence-electron chi connectivity index (χ3n) is 6.70. The molecule has 0 radical (unpaired) electrons. The van der Waals surface area contributed by atoms with Crippen molar-refractivity contribution in [1.29, 1.82) is 0 Å². The van der Waals surface area contributed by atoms with Crippen molar-refractivity contribution in [3.05, 3.63) is 35.0 Å². The average Bonchev–Trinajstić information content (AvgIpc) is 3.19. The van der Waals surface area contributed by atoms with E-state index in [4.69, 9.17) is 27.1 Å². The van der Waals surface area contributed by atoms with E-state index in [-0.39, 0.29) is 34.6 Å². The van der Waals surface area contributed by atoms with Gasteiger partial charge >= 0.3 is 0 Å². The Kier molecular flexibility index (Phi) is 6.70. The van der Waals surface area contributed by atoms with E-state index in [1.54, 1.807) is 6.20 Å². The maximum Gasteiger partial charge on any atom is 0.224 e. The number of nitrogens with zero attached hydrogens (tertiary/aromatic N) is 4. The molecule has 12 heteroatoms. The van der Waals surface area contributed by atoms with Crippen molar-refractivity contribution in [2.45, 2.75) is 50.6 Å². The summed E-state index contributed by atoms with van der Waals surface area (Å²) in [6, 6.07) is 1.93. The lowest BCUT2D eigenvalue weighted by atomic mass is 9.85. The van der Waals surface area contributed by atoms with Gasteiger partial charge in [-0.1, -0.05) is 11.6 Å². The highest BCUT2D eigenvalue weighted by molar-refractivity contribution is 6.33. The Morgan fingerprint density at radius 3 is 2.54 bits per heavy atom. The number of hydrogen-bond donors (Lipinski definition) is 3. The number of ether oxygens (including phenoxy) is 1. The number of nitrogens with one attached hydrogen (secondary N) is 2. The number of carbonyl (C=O) groups excluding carboxylic acids is 1. The Morgan fingerprint density at radius 2 is 1.86 bits per heavy atom. The zero-order valence-corrected chi connectivity index (χ0v) is 19.7. The van der Waals surface area contributed by atoms with Gasteiger partial charge in [0.15, 0.2) is 11.5 Å². The molecule has 186 valence electrons. The highest BCUT2D eigenvalue weighted by atomic mass is 35.5. The van der Waals surface area contributed by atoms with Crippen molar-refractivity contribution in [3.8, 4) is 0 Å². The van der Waals surface area contributed by atoms with Gasteiger partial charge in [-0.3, -0.25) is 9.36 Å². The molecule has 3 heterocycles. The van der Waals surface area contributed by atoms with E-state index >= 15 is 0 Å². The van der Waals surface area contributed by atoms with E-state index in [1.165, 1.54) is 0 Å². The molecule has 1 amide bonds. The molecule has 2 aromatic heterocycles. The van der Waals surface area contributed by atoms with Crippen LogP contribution in [0, 0.1) is 17.6 Å². The first-order chi connectivity index (χ1) is 16.9. The number of anilines is 3. The first kappa shape index (κ1) is 23.7. The Hall–Kier alpha value is -3.05. The summed E-state index contributed by atoms with van der Waals surface area (Å²) in [5, 5.41) is 6.20. The van der Waals surface area contributed by atoms with Gasteiger partial charge in [0.05, 0.1) is 16.9 Å². The molecule has 1 aliphatic carbocycles. The molecule has 35 heavy (non-hydrogen) atoms. The molecule has 2 fully saturated rings. The molecule has 0 bridgehead atoms. The second-order valence-electron chi connectivity index (χ2n) is 9.02. The molecule has 0 unspecified atom stereocenters. The number of amides is 1. The number of primary amides is 1. The van der Waals surface area contributed by atoms with Crippen LogP contribution in [0.3, 0.4) is 0 Å². The smallest absolute Gasteiger partial charge is 0.224 e. The molecule has 3 aromatic rings. The van der Waals surface area contributed by atoms with E-state index in [1.807, 2.05) is 4.57 Å². The van der Waals surface area contributed by atoms with Gasteiger partial charge in [0.1, 0.15) is 11.3 Å². The fourth-order valence-corrected chi connectivity index (χ4v) is 5.05. The van der Waals surface area contributed by atoms with Crippen molar-refractivity contribution in [1.82, 2.24) is 19.5 Å². The van der Waals surface area contributed by atoms with Crippen molar-refractivity contribution >= 4 is 46.3 Å². The number of halogens is 3. The van der Waals surface area contributed by atoms with Crippen molar-refractivity contribution in [2.24, 2.45) is 11.7 Å². The number of rotatable bonds is 6. The lowest BCUT2D eigenvalue weighted by Crippen LogP contribution is -2.29. The summed E-state index contributed by atoms with van der Waals surface area (Å²) in [6.07, 6.45) is 5.91. The van der Waals surface area contributed by atoms with Crippen LogP contribution in [0.15, 0.2) is 18.3 Å². The molecule has 1 aliphatic heterocycles. The minimum atomic E-state index is -0.834. The summed E-state index contributed by atoms with van der Waals surface area (Å²) < 4.78 is 35.5. The lowest BCUT2D eigenvalue weighted by molar-refractivity contribution is -0.122. The monoisotopic (exact) mass is 505 g/mol. The summed E-state index contributed by atoms with van der Waals surface area (Å²) in [5.74, 6) is -1.31. The summed E-state index contributed by atoms with van der Waals surface area (Å²) in [5.41, 5.74) is 6.52. The van der Waals surface area contributed by atoms with Crippen molar-refractivity contribution in [3.63, 3.8) is 0 Å². The zero-order chi connectivity index (χ0) is 24.5. The van der Waals surface area contributed by atoms with Crippen LogP contribution in [-0.2, 0) is 9.53 Å². The highest BCUT2D eigenvalue weighted by Crippen LogP contribution is 2.38. The van der Waals surface area contributed by atoms with Crippen LogP contribution in [0.1, 0.15) is 44.6 Å². The molecule has 4 N–H and O–H groups in total. The van der Waals surface area contributed by atoms with Gasteiger partial charge in [0, 0.05) is 37.3 Å². The number of aromatic nitrogens is 4. The number of hydrogen-bond acceptors (Lipinski definition) is 7. The molecular weight excluding hydrogens is 480 g/mol. The third-order valence-corrected chi connectivity index (χ3v) is 6.99. The summed E-state index contributed by atoms with van der Waals surface area (Å²) in [4.78, 5) is 25.4. The SMILES string of the molecule is NC(=O)[C@H]1CC[C@H](n2c(Nc3c(F)cc(F)cc3Cl)nc3cnc(NC4CCOCC4)nc32)CC1. The first-order valence-electron chi connectivity index (χ1n) is 11.7. The predicted octanol–water partition coefficient (Wildman–Crippen LogP) is 4.31. The Morgan fingerprint density at radius 1 is 1.11 bits per heavy atom. The van der Waals surface area contributed by atoms with Crippen LogP contribution in [-0.4, -0.2) is 44.7 Å². The van der Waals surface area contributed by atoms with Gasteiger partial charge < -0.3 is 21.1 Å². The third kappa shape index (κ3) is 5.01. The molecule has 1 saturated carbocycles. The van der Waals surface area contributed by atoms with Crippen LogP contribution >= 0.6 is 11.6 Å². The largest absolute Gasteiger partial charge is 0.381 e. The average molecular weight is 506 g/mol. The quantitative estimate of drug-likeness (QED) is 0.456. The van der Waals surface area contributed by atoms with E-state index in [9.17, 15) is 13.6 Å². The van der Waals surface area contributed by atoms with Crippen LogP contribution in [0.5, 0.6) is 0 Å². The first-order valence-corrected chi connectivity index (χ1v) is 12.1. The molecule has 2 aliphatic rings. The van der Waals surface area contributed by atoms with Crippen molar-refractivity contribution < 1.29 is 18.3 Å². The van der Waals surface area contributed by atoms with Crippen LogP contribution in [0.2, 0.25) is 5.02 Å². The van der Waals surface area contributed by atoms with E-state index in [2.05, 4.69) is 20.6 Å². The van der Waals surface area contributed by atoms with Gasteiger partial charge in [-0.05, 0) is 44.6 Å². The second-order valence-corrected chi connectivity index (χ2v) is 9.42. The second kappa shape index (κ2) is 9.90. The van der Waals surface area contributed by atoms with Gasteiger partial charge in [0.25, 0.3) is 0 Å². The topological polar surface area (TPSA) is 120 Å². The number of nitrogens with two attached hydrogens (primary N) is 1. The standard InChI is InChI=1S/C23H26ClF2N7O2/c24-16-9-13(25)10-17(26)19(16)31-23-30-18-11-28-22(29-14-5-7-35-8-6-14)32-21(18)33(23)15-3-1-12(2-4-15)20(27)34/h9-12,14-15H,1-8H2,(H2,27,34)(H,30,31)(H,28,29,32)/t12-,15-. The van der Waals surface area contributed by atoms with Crippen LogP contribution < -0.4 is 16.4 Å². The molecule has 0 spiro atoms. The fourth-order valence-electron chi connectivity index (χ4n) is 4.81. The van der Waals surface area contributed by atoms with Gasteiger partial charge in [-0.2, -0.15) is 4.98 Å². The van der Waals surface area contributed by atoms with Crippen molar-refractivity contribution in [2.75, 3.05) is 23.8 Å². The molecule has 1 aromatic carbocycles. The molecule has 1 saturated heterocycles. The normalized spacial score (nSPS) is 21.2. The number of benzene rings is 1. The Labute approximate surface area is 205 Å². The lowest BCUT2D eigenvalue weighted by Gasteiger charge is -2.29. The van der Waals surface area contributed by atoms with Gasteiger partial charge in [0.2, 0.25) is 17.8 Å². The minimum Gasteiger partial charge on any atom is -0.381 e. The number of carbonyl (C=O) groups is 1. The van der Waals surface area contributed by atoms with E-state index in [0.717, 1.165) is 25.0 Å². The molecule has 5 rings (SSSR count). The van der Waals surface area contributed by atoms with Gasteiger partial charge in [-0.25, -0.2) is 18.7 Å². The minimum absolute atomic E-state index is 0.0637. The van der Waals surface area contributed by atoms with E-state index < -0.39 is 11.6 Å². The zero-order valence-electron chi connectivity index (χ0n) is 18.9. The predicted molar refractivity (Wildman–Crippen MR) is 128 cm³/mol. The highest BCUT2D eigenvalue weighted by Gasteiger charge is 2.29. The summed E-state index contributed by atoms with van der Waals surface area (Å²) in [6.45, 7) is 1.36. The Balaban J connectivity index is 1.52. The maximum absolute atomic E-state index is 14.6. The van der Waals surface area contributed by atoms with E-state index in [0.29, 0.717) is 62.0 Å². The van der Waals surface area contributed by atoms with Crippen LogP contribution in [0.25, 0.3) is 11.2 Å². The molecule has 0 atom stereocenters. The molecule has 9 nitrogen and oxygen atoms in total. The number of imidazole rings is 1. The molecular formula is C23H26ClF2N7O2. The number of fused-ring (bicyclic) bond motifs is 1. The summed E-state index contributed by atoms with van der Waals surface area (Å²) in [7, 11) is 0. The summed E-state index contributed by atoms with van der Waals surface area (Å²) >= 11 is 6.13. The Bertz CT molecular complexity index is 1220. The maximum atomic E-state index is 14.6. The van der Waals surface area contributed by atoms with Gasteiger partial charge in [-0.15, -0.1) is 0 Å².